The van der Waals surface area contributed by atoms with Crippen LogP contribution in [-0.4, -0.2) is 24.5 Å². The molecule has 3 unspecified atom stereocenters. The van der Waals surface area contributed by atoms with E-state index >= 15 is 0 Å². The van der Waals surface area contributed by atoms with Crippen LogP contribution in [0.25, 0.3) is 0 Å². The van der Waals surface area contributed by atoms with Gasteiger partial charge in [-0.05, 0) is 43.9 Å². The molecule has 1 aliphatic rings. The standard InChI is InChI=1S/C17H34N2O/c1-12(2)9-15-7-6-8-16(10-15)19-14(5)17(20)18-11-13(3)4/h12-16,19H,6-11H2,1-5H3,(H,18,20). The van der Waals surface area contributed by atoms with Gasteiger partial charge in [-0.1, -0.05) is 40.5 Å². The van der Waals surface area contributed by atoms with Gasteiger partial charge < -0.3 is 10.6 Å². The molecule has 0 bridgehead atoms. The molecule has 20 heavy (non-hydrogen) atoms. The summed E-state index contributed by atoms with van der Waals surface area (Å²) in [6, 6.07) is 0.448. The molecular weight excluding hydrogens is 248 g/mol. The molecule has 3 atom stereocenters. The van der Waals surface area contributed by atoms with Gasteiger partial charge in [-0.3, -0.25) is 4.79 Å². The molecule has 118 valence electrons. The number of rotatable bonds is 7. The second-order valence-corrected chi connectivity index (χ2v) is 7.39. The van der Waals surface area contributed by atoms with Gasteiger partial charge in [0, 0.05) is 12.6 Å². The molecule has 1 saturated carbocycles. The van der Waals surface area contributed by atoms with Crippen LogP contribution in [0.5, 0.6) is 0 Å². The second-order valence-electron chi connectivity index (χ2n) is 7.39. The van der Waals surface area contributed by atoms with Gasteiger partial charge in [-0.2, -0.15) is 0 Å². The van der Waals surface area contributed by atoms with Crippen molar-refractivity contribution in [3.05, 3.63) is 0 Å². The highest BCUT2D eigenvalue weighted by Crippen LogP contribution is 2.29. The largest absolute Gasteiger partial charge is 0.354 e. The smallest absolute Gasteiger partial charge is 0.236 e. The summed E-state index contributed by atoms with van der Waals surface area (Å²) >= 11 is 0. The number of nitrogens with one attached hydrogen (secondary N) is 2. The lowest BCUT2D eigenvalue weighted by Gasteiger charge is -2.32. The van der Waals surface area contributed by atoms with Crippen molar-refractivity contribution in [1.82, 2.24) is 10.6 Å². The lowest BCUT2D eigenvalue weighted by Crippen LogP contribution is -2.48. The molecule has 0 aliphatic heterocycles. The minimum atomic E-state index is -0.0726. The monoisotopic (exact) mass is 282 g/mol. The van der Waals surface area contributed by atoms with Gasteiger partial charge in [0.1, 0.15) is 0 Å². The van der Waals surface area contributed by atoms with E-state index in [9.17, 15) is 4.79 Å². The van der Waals surface area contributed by atoms with Gasteiger partial charge in [-0.25, -0.2) is 0 Å². The average molecular weight is 282 g/mol. The molecule has 0 aromatic rings. The molecule has 1 fully saturated rings. The van der Waals surface area contributed by atoms with Crippen LogP contribution in [0.4, 0.5) is 0 Å². The van der Waals surface area contributed by atoms with Crippen molar-refractivity contribution < 1.29 is 4.79 Å². The highest BCUT2D eigenvalue weighted by molar-refractivity contribution is 5.81. The first-order chi connectivity index (χ1) is 9.38. The molecule has 0 heterocycles. The Bertz CT molecular complexity index is 289. The third kappa shape index (κ3) is 6.74. The number of hydrogen-bond donors (Lipinski definition) is 2. The van der Waals surface area contributed by atoms with E-state index in [0.717, 1.165) is 18.4 Å². The van der Waals surface area contributed by atoms with Gasteiger partial charge in [0.05, 0.1) is 6.04 Å². The van der Waals surface area contributed by atoms with E-state index < -0.39 is 0 Å². The number of carbonyl (C=O) groups excluding carboxylic acids is 1. The molecule has 3 nitrogen and oxygen atoms in total. The second kappa shape index (κ2) is 8.66. The first kappa shape index (κ1) is 17.5. The van der Waals surface area contributed by atoms with Crippen LogP contribution in [0.2, 0.25) is 0 Å². The first-order valence-corrected chi connectivity index (χ1v) is 8.42. The number of hydrogen-bond acceptors (Lipinski definition) is 2. The Kier molecular flexibility index (Phi) is 7.57. The Morgan fingerprint density at radius 1 is 1.10 bits per heavy atom. The van der Waals surface area contributed by atoms with Gasteiger partial charge >= 0.3 is 0 Å². The molecule has 1 amide bonds. The summed E-state index contributed by atoms with van der Waals surface area (Å²) in [5.41, 5.74) is 0. The Hall–Kier alpha value is -0.570. The zero-order chi connectivity index (χ0) is 15.1. The maximum atomic E-state index is 12.0. The fraction of sp³-hybridized carbons (Fsp3) is 0.941. The fourth-order valence-electron chi connectivity index (χ4n) is 3.21. The summed E-state index contributed by atoms with van der Waals surface area (Å²) in [4.78, 5) is 12.0. The molecule has 0 aromatic carbocycles. The quantitative estimate of drug-likeness (QED) is 0.752. The lowest BCUT2D eigenvalue weighted by molar-refractivity contribution is -0.123. The van der Waals surface area contributed by atoms with E-state index in [2.05, 4.69) is 38.3 Å². The summed E-state index contributed by atoms with van der Waals surface area (Å²) < 4.78 is 0. The van der Waals surface area contributed by atoms with Gasteiger partial charge in [0.2, 0.25) is 5.91 Å². The third-order valence-corrected chi connectivity index (χ3v) is 4.15. The van der Waals surface area contributed by atoms with Crippen molar-refractivity contribution in [2.45, 2.75) is 78.8 Å². The van der Waals surface area contributed by atoms with Gasteiger partial charge in [0.25, 0.3) is 0 Å². The molecule has 0 radical (unpaired) electrons. The average Bonchev–Trinajstić information content (AvgIpc) is 2.35. The summed E-state index contributed by atoms with van der Waals surface area (Å²) in [5.74, 6) is 2.28. The molecule has 3 heteroatoms. The Balaban J connectivity index is 2.33. The normalized spacial score (nSPS) is 24.9. The fourth-order valence-corrected chi connectivity index (χ4v) is 3.21. The molecule has 0 spiro atoms. The maximum Gasteiger partial charge on any atom is 0.236 e. The Morgan fingerprint density at radius 2 is 1.80 bits per heavy atom. The summed E-state index contributed by atoms with van der Waals surface area (Å²) in [6.07, 6.45) is 6.45. The Labute approximate surface area is 125 Å². The van der Waals surface area contributed by atoms with Crippen LogP contribution < -0.4 is 10.6 Å². The summed E-state index contributed by atoms with van der Waals surface area (Å²) in [6.45, 7) is 11.6. The van der Waals surface area contributed by atoms with Crippen LogP contribution in [0, 0.1) is 17.8 Å². The van der Waals surface area contributed by atoms with Crippen LogP contribution in [0.3, 0.4) is 0 Å². The van der Waals surface area contributed by atoms with Crippen molar-refractivity contribution in [2.24, 2.45) is 17.8 Å². The van der Waals surface area contributed by atoms with E-state index in [4.69, 9.17) is 0 Å². The molecule has 2 N–H and O–H groups in total. The third-order valence-electron chi connectivity index (χ3n) is 4.15. The maximum absolute atomic E-state index is 12.0. The van der Waals surface area contributed by atoms with Crippen molar-refractivity contribution >= 4 is 5.91 Å². The molecular formula is C17H34N2O. The van der Waals surface area contributed by atoms with Crippen LogP contribution >= 0.6 is 0 Å². The van der Waals surface area contributed by atoms with Gasteiger partial charge in [0.15, 0.2) is 0 Å². The van der Waals surface area contributed by atoms with Crippen molar-refractivity contribution in [3.63, 3.8) is 0 Å². The van der Waals surface area contributed by atoms with Crippen molar-refractivity contribution in [3.8, 4) is 0 Å². The van der Waals surface area contributed by atoms with Crippen molar-refractivity contribution in [2.75, 3.05) is 6.54 Å². The SMILES string of the molecule is CC(C)CNC(=O)C(C)NC1CCCC(CC(C)C)C1. The molecule has 0 saturated heterocycles. The van der Waals surface area contributed by atoms with Gasteiger partial charge in [-0.15, -0.1) is 0 Å². The number of amides is 1. The molecule has 1 aliphatic carbocycles. The minimum absolute atomic E-state index is 0.0726. The molecule has 1 rings (SSSR count). The van der Waals surface area contributed by atoms with E-state index in [1.54, 1.807) is 0 Å². The summed E-state index contributed by atoms with van der Waals surface area (Å²) in [7, 11) is 0. The van der Waals surface area contributed by atoms with E-state index in [-0.39, 0.29) is 11.9 Å². The lowest BCUT2D eigenvalue weighted by atomic mass is 9.81. The minimum Gasteiger partial charge on any atom is -0.354 e. The zero-order valence-electron chi connectivity index (χ0n) is 14.0. The van der Waals surface area contributed by atoms with E-state index in [0.29, 0.717) is 12.0 Å². The first-order valence-electron chi connectivity index (χ1n) is 8.42. The Morgan fingerprint density at radius 3 is 2.40 bits per heavy atom. The molecule has 0 aromatic heterocycles. The van der Waals surface area contributed by atoms with E-state index in [1.165, 1.54) is 32.1 Å². The predicted molar refractivity (Wildman–Crippen MR) is 85.6 cm³/mol. The van der Waals surface area contributed by atoms with E-state index in [1.807, 2.05) is 6.92 Å². The van der Waals surface area contributed by atoms with Crippen LogP contribution in [0.15, 0.2) is 0 Å². The number of carbonyl (C=O) groups is 1. The van der Waals surface area contributed by atoms with Crippen LogP contribution in [-0.2, 0) is 4.79 Å². The highest BCUT2D eigenvalue weighted by Gasteiger charge is 2.25. The van der Waals surface area contributed by atoms with Crippen LogP contribution in [0.1, 0.15) is 66.7 Å². The topological polar surface area (TPSA) is 41.1 Å². The zero-order valence-corrected chi connectivity index (χ0v) is 14.0. The summed E-state index contributed by atoms with van der Waals surface area (Å²) in [5, 5.41) is 6.55. The highest BCUT2D eigenvalue weighted by atomic mass is 16.2. The van der Waals surface area contributed by atoms with Crippen molar-refractivity contribution in [1.29, 1.82) is 0 Å². The predicted octanol–water partition coefficient (Wildman–Crippen LogP) is 3.34.